The third-order valence-corrected chi connectivity index (χ3v) is 2.05. The van der Waals surface area contributed by atoms with Crippen molar-refractivity contribution in [2.45, 2.75) is 53.4 Å². The summed E-state index contributed by atoms with van der Waals surface area (Å²) in [5.74, 6) is -0.211. The second-order valence-electron chi connectivity index (χ2n) is 3.86. The SMILES string of the molecule is C1COCCO1.CCCCCC.CCOC(C)=O. The Morgan fingerprint density at radius 3 is 1.44 bits per heavy atom. The van der Waals surface area contributed by atoms with Gasteiger partial charge in [0.25, 0.3) is 0 Å². The second kappa shape index (κ2) is 18.7. The van der Waals surface area contributed by atoms with Gasteiger partial charge in [0.1, 0.15) is 0 Å². The topological polar surface area (TPSA) is 44.8 Å². The van der Waals surface area contributed by atoms with Crippen LogP contribution in [0.4, 0.5) is 0 Å². The molecule has 0 aromatic rings. The molecule has 0 unspecified atom stereocenters. The van der Waals surface area contributed by atoms with Crippen molar-refractivity contribution in [2.24, 2.45) is 0 Å². The standard InChI is InChI=1S/C6H14.2C4H8O2/c1-3-5-6-4-2;1-2-6-4-3-5-1;1-3-6-4(2)5/h3-6H2,1-2H3;1-4H2;3H2,1-2H3. The maximum atomic E-state index is 9.82. The average Bonchev–Trinajstić information content (AvgIpc) is 2.39. The van der Waals surface area contributed by atoms with E-state index in [2.05, 4.69) is 18.6 Å². The Balaban J connectivity index is 0. The van der Waals surface area contributed by atoms with E-state index in [-0.39, 0.29) is 5.97 Å². The number of ether oxygens (including phenoxy) is 3. The van der Waals surface area contributed by atoms with Gasteiger partial charge in [0.05, 0.1) is 33.0 Å². The molecule has 0 N–H and O–H groups in total. The molecule has 0 amide bonds. The fraction of sp³-hybridized carbons (Fsp3) is 0.929. The van der Waals surface area contributed by atoms with Crippen LogP contribution in [0.25, 0.3) is 0 Å². The van der Waals surface area contributed by atoms with Gasteiger partial charge in [-0.2, -0.15) is 0 Å². The molecule has 110 valence electrons. The van der Waals surface area contributed by atoms with E-state index in [9.17, 15) is 4.79 Å². The molecule has 0 bridgehead atoms. The zero-order chi connectivity index (χ0) is 14.1. The lowest BCUT2D eigenvalue weighted by molar-refractivity contribution is -0.140. The molecule has 1 aliphatic rings. The molecule has 1 heterocycles. The van der Waals surface area contributed by atoms with E-state index in [1.807, 2.05) is 0 Å². The van der Waals surface area contributed by atoms with Crippen molar-refractivity contribution >= 4 is 5.97 Å². The number of esters is 1. The third-order valence-electron chi connectivity index (χ3n) is 2.05. The van der Waals surface area contributed by atoms with Crippen LogP contribution in [0.15, 0.2) is 0 Å². The van der Waals surface area contributed by atoms with Gasteiger partial charge in [0.2, 0.25) is 0 Å². The van der Waals surface area contributed by atoms with Gasteiger partial charge in [-0.05, 0) is 6.92 Å². The van der Waals surface area contributed by atoms with Crippen LogP contribution in [0.1, 0.15) is 53.4 Å². The van der Waals surface area contributed by atoms with Crippen LogP contribution < -0.4 is 0 Å². The first-order valence-corrected chi connectivity index (χ1v) is 6.97. The lowest BCUT2D eigenvalue weighted by Crippen LogP contribution is -2.16. The second-order valence-corrected chi connectivity index (χ2v) is 3.86. The van der Waals surface area contributed by atoms with E-state index in [1.54, 1.807) is 6.92 Å². The molecule has 1 rings (SSSR count). The summed E-state index contributed by atoms with van der Waals surface area (Å²) in [6.45, 7) is 11.2. The van der Waals surface area contributed by atoms with Crippen LogP contribution in [0.2, 0.25) is 0 Å². The van der Waals surface area contributed by atoms with Crippen molar-refractivity contribution in [2.75, 3.05) is 33.0 Å². The van der Waals surface area contributed by atoms with E-state index >= 15 is 0 Å². The zero-order valence-corrected chi connectivity index (χ0v) is 12.5. The minimum atomic E-state index is -0.211. The Kier molecular flexibility index (Phi) is 20.5. The molecule has 1 fully saturated rings. The summed E-state index contributed by atoms with van der Waals surface area (Å²) in [6.07, 6.45) is 5.54. The van der Waals surface area contributed by atoms with Crippen molar-refractivity contribution in [1.29, 1.82) is 0 Å². The predicted octanol–water partition coefficient (Wildman–Crippen LogP) is 3.19. The number of rotatable bonds is 4. The fourth-order valence-electron chi connectivity index (χ4n) is 1.14. The van der Waals surface area contributed by atoms with Crippen LogP contribution in [-0.4, -0.2) is 39.0 Å². The molecule has 0 aliphatic carbocycles. The summed E-state index contributed by atoms with van der Waals surface area (Å²) < 4.78 is 14.3. The average molecular weight is 262 g/mol. The quantitative estimate of drug-likeness (QED) is 0.576. The molecule has 1 aliphatic heterocycles. The maximum Gasteiger partial charge on any atom is 0.302 e. The van der Waals surface area contributed by atoms with Crippen LogP contribution in [-0.2, 0) is 19.0 Å². The van der Waals surface area contributed by atoms with Gasteiger partial charge < -0.3 is 14.2 Å². The Morgan fingerprint density at radius 1 is 0.944 bits per heavy atom. The number of unbranched alkanes of at least 4 members (excludes halogenated alkanes) is 3. The third kappa shape index (κ3) is 24.6. The van der Waals surface area contributed by atoms with E-state index in [4.69, 9.17) is 9.47 Å². The van der Waals surface area contributed by atoms with E-state index in [0.29, 0.717) is 6.61 Å². The van der Waals surface area contributed by atoms with Crippen molar-refractivity contribution in [3.05, 3.63) is 0 Å². The van der Waals surface area contributed by atoms with Gasteiger partial charge in [-0.3, -0.25) is 4.79 Å². The largest absolute Gasteiger partial charge is 0.466 e. The Morgan fingerprint density at radius 2 is 1.33 bits per heavy atom. The molecule has 0 saturated carbocycles. The van der Waals surface area contributed by atoms with E-state index in [0.717, 1.165) is 26.4 Å². The van der Waals surface area contributed by atoms with Gasteiger partial charge in [-0.15, -0.1) is 0 Å². The molecule has 1 saturated heterocycles. The molecule has 0 spiro atoms. The van der Waals surface area contributed by atoms with Gasteiger partial charge in [-0.1, -0.05) is 39.5 Å². The van der Waals surface area contributed by atoms with Crippen LogP contribution in [0.3, 0.4) is 0 Å². The Labute approximate surface area is 112 Å². The fourth-order valence-corrected chi connectivity index (χ4v) is 1.14. The predicted molar refractivity (Wildman–Crippen MR) is 73.8 cm³/mol. The Bertz CT molecular complexity index is 140. The highest BCUT2D eigenvalue weighted by Gasteiger charge is 1.94. The molecular weight excluding hydrogens is 232 g/mol. The summed E-state index contributed by atoms with van der Waals surface area (Å²) >= 11 is 0. The number of carbonyl (C=O) groups is 1. The first-order valence-electron chi connectivity index (χ1n) is 6.97. The molecule has 0 atom stereocenters. The highest BCUT2D eigenvalue weighted by atomic mass is 16.6. The molecule has 0 aromatic heterocycles. The molecule has 4 heteroatoms. The molecule has 18 heavy (non-hydrogen) atoms. The maximum absolute atomic E-state index is 9.82. The number of hydrogen-bond acceptors (Lipinski definition) is 4. The van der Waals surface area contributed by atoms with Crippen molar-refractivity contribution in [1.82, 2.24) is 0 Å². The summed E-state index contributed by atoms with van der Waals surface area (Å²) in [7, 11) is 0. The smallest absolute Gasteiger partial charge is 0.302 e. The summed E-state index contributed by atoms with van der Waals surface area (Å²) in [6, 6.07) is 0. The van der Waals surface area contributed by atoms with E-state index < -0.39 is 0 Å². The minimum Gasteiger partial charge on any atom is -0.466 e. The Hall–Kier alpha value is -0.610. The first kappa shape index (κ1) is 19.7. The highest BCUT2D eigenvalue weighted by molar-refractivity contribution is 5.65. The number of carbonyl (C=O) groups excluding carboxylic acids is 1. The van der Waals surface area contributed by atoms with Crippen LogP contribution >= 0.6 is 0 Å². The monoisotopic (exact) mass is 262 g/mol. The van der Waals surface area contributed by atoms with Gasteiger partial charge in [-0.25, -0.2) is 0 Å². The minimum absolute atomic E-state index is 0.211. The first-order chi connectivity index (χ1) is 8.68. The van der Waals surface area contributed by atoms with Gasteiger partial charge in [0, 0.05) is 6.92 Å². The normalized spacial score (nSPS) is 13.6. The summed E-state index contributed by atoms with van der Waals surface area (Å²) in [4.78, 5) is 9.82. The van der Waals surface area contributed by atoms with Gasteiger partial charge >= 0.3 is 5.97 Å². The molecular formula is C14H30O4. The van der Waals surface area contributed by atoms with Crippen molar-refractivity contribution in [3.63, 3.8) is 0 Å². The molecule has 4 nitrogen and oxygen atoms in total. The van der Waals surface area contributed by atoms with E-state index in [1.165, 1.54) is 32.6 Å². The summed E-state index contributed by atoms with van der Waals surface area (Å²) in [5, 5.41) is 0. The summed E-state index contributed by atoms with van der Waals surface area (Å²) in [5.41, 5.74) is 0. The number of hydrogen-bond donors (Lipinski definition) is 0. The highest BCUT2D eigenvalue weighted by Crippen LogP contribution is 1.95. The van der Waals surface area contributed by atoms with Gasteiger partial charge in [0.15, 0.2) is 0 Å². The van der Waals surface area contributed by atoms with Crippen LogP contribution in [0, 0.1) is 0 Å². The molecule has 0 aromatic carbocycles. The van der Waals surface area contributed by atoms with Crippen molar-refractivity contribution in [3.8, 4) is 0 Å². The zero-order valence-electron chi connectivity index (χ0n) is 12.5. The van der Waals surface area contributed by atoms with Crippen LogP contribution in [0.5, 0.6) is 0 Å². The van der Waals surface area contributed by atoms with Crippen molar-refractivity contribution < 1.29 is 19.0 Å². The molecule has 0 radical (unpaired) electrons. The lowest BCUT2D eigenvalue weighted by Gasteiger charge is -2.09. The lowest BCUT2D eigenvalue weighted by atomic mass is 10.2.